The van der Waals surface area contributed by atoms with Gasteiger partial charge in [0.1, 0.15) is 16.5 Å². The van der Waals surface area contributed by atoms with E-state index >= 15 is 0 Å². The Morgan fingerprint density at radius 2 is 2.21 bits per heavy atom. The molecule has 0 fully saturated rings. The maximum absolute atomic E-state index is 11.0. The number of hydrogen-bond donors (Lipinski definition) is 1. The molecule has 0 unspecified atom stereocenters. The number of Topliss-reactive ketones (excluding diaryl/α,β-unsaturated/α-hetero) is 1. The van der Waals surface area contributed by atoms with Crippen LogP contribution in [0, 0.1) is 0 Å². The molecular weight excluding hydrogens is 204 g/mol. The lowest BCUT2D eigenvalue weighted by Gasteiger charge is -2.08. The van der Waals surface area contributed by atoms with Crippen molar-refractivity contribution in [3.63, 3.8) is 0 Å². The fourth-order valence-electron chi connectivity index (χ4n) is 1.10. The van der Waals surface area contributed by atoms with E-state index in [1.165, 1.54) is 13.0 Å². The zero-order valence-electron chi connectivity index (χ0n) is 8.00. The molecule has 0 amide bonds. The van der Waals surface area contributed by atoms with Gasteiger partial charge in [-0.2, -0.15) is 0 Å². The summed E-state index contributed by atoms with van der Waals surface area (Å²) in [6, 6.07) is 3.07. The Bertz CT molecular complexity index is 361. The van der Waals surface area contributed by atoms with Gasteiger partial charge in [-0.3, -0.25) is 4.79 Å². The Morgan fingerprint density at radius 1 is 1.57 bits per heavy atom. The smallest absolute Gasteiger partial charge is 0.163 e. The molecule has 0 aromatic heterocycles. The summed E-state index contributed by atoms with van der Waals surface area (Å²) in [7, 11) is 0. The molecule has 14 heavy (non-hydrogen) atoms. The monoisotopic (exact) mass is 214 g/mol. The van der Waals surface area contributed by atoms with Crippen molar-refractivity contribution in [1.29, 1.82) is 0 Å². The summed E-state index contributed by atoms with van der Waals surface area (Å²) in [4.78, 5) is 11.0. The Balaban J connectivity index is 3.19. The molecule has 0 spiro atoms. The van der Waals surface area contributed by atoms with Gasteiger partial charge in [-0.1, -0.05) is 11.6 Å². The average Bonchev–Trinajstić information content (AvgIpc) is 2.13. The highest BCUT2D eigenvalue weighted by molar-refractivity contribution is 6.34. The lowest BCUT2D eigenvalue weighted by Crippen LogP contribution is -1.97. The van der Waals surface area contributed by atoms with Gasteiger partial charge in [-0.15, -0.1) is 0 Å². The molecule has 0 aliphatic carbocycles. The van der Waals surface area contributed by atoms with Crippen molar-refractivity contribution in [2.75, 3.05) is 6.61 Å². The number of hydrogen-bond acceptors (Lipinski definition) is 3. The Morgan fingerprint density at radius 3 is 2.71 bits per heavy atom. The lowest BCUT2D eigenvalue weighted by molar-refractivity contribution is 0.101. The summed E-state index contributed by atoms with van der Waals surface area (Å²) in [5.41, 5.74) is 0.207. The van der Waals surface area contributed by atoms with Gasteiger partial charge in [0.05, 0.1) is 12.2 Å². The highest BCUT2D eigenvalue weighted by atomic mass is 35.5. The van der Waals surface area contributed by atoms with Crippen LogP contribution < -0.4 is 4.74 Å². The van der Waals surface area contributed by atoms with Crippen molar-refractivity contribution in [1.82, 2.24) is 0 Å². The van der Waals surface area contributed by atoms with Crippen LogP contribution in [0.4, 0.5) is 0 Å². The van der Waals surface area contributed by atoms with E-state index in [9.17, 15) is 9.90 Å². The third kappa shape index (κ3) is 1.99. The molecule has 0 atom stereocenters. The molecule has 1 rings (SSSR count). The van der Waals surface area contributed by atoms with Crippen molar-refractivity contribution in [3.05, 3.63) is 22.7 Å². The van der Waals surface area contributed by atoms with Crippen molar-refractivity contribution < 1.29 is 14.6 Å². The van der Waals surface area contributed by atoms with Gasteiger partial charge in [-0.05, 0) is 26.0 Å². The molecular formula is C10H11ClO3. The number of ether oxygens (including phenoxy) is 1. The maximum atomic E-state index is 11.0. The molecule has 0 aliphatic heterocycles. The summed E-state index contributed by atoms with van der Waals surface area (Å²) in [6.07, 6.45) is 0. The molecule has 0 saturated heterocycles. The molecule has 1 N–H and O–H groups in total. The number of ketones is 1. The van der Waals surface area contributed by atoms with E-state index in [2.05, 4.69) is 0 Å². The predicted octanol–water partition coefficient (Wildman–Crippen LogP) is 2.65. The third-order valence-corrected chi connectivity index (χ3v) is 2.13. The van der Waals surface area contributed by atoms with Crippen molar-refractivity contribution in [2.24, 2.45) is 0 Å². The van der Waals surface area contributed by atoms with E-state index in [-0.39, 0.29) is 22.1 Å². The number of carbonyl (C=O) groups is 1. The standard InChI is InChI=1S/C10H11ClO3/c1-3-14-8-5-4-7(6(2)12)10(13)9(8)11/h4-5,13H,3H2,1-2H3. The summed E-state index contributed by atoms with van der Waals surface area (Å²) in [6.45, 7) is 3.64. The molecule has 1 aromatic rings. The fraction of sp³-hybridized carbons (Fsp3) is 0.300. The van der Waals surface area contributed by atoms with E-state index in [0.29, 0.717) is 12.4 Å². The quantitative estimate of drug-likeness (QED) is 0.787. The van der Waals surface area contributed by atoms with Crippen molar-refractivity contribution in [2.45, 2.75) is 13.8 Å². The van der Waals surface area contributed by atoms with Gasteiger partial charge >= 0.3 is 0 Å². The summed E-state index contributed by atoms with van der Waals surface area (Å²) >= 11 is 5.79. The highest BCUT2D eigenvalue weighted by Crippen LogP contribution is 2.36. The number of halogens is 1. The average molecular weight is 215 g/mol. The Kier molecular flexibility index (Phi) is 3.36. The van der Waals surface area contributed by atoms with E-state index in [0.717, 1.165) is 0 Å². The van der Waals surface area contributed by atoms with Crippen LogP contribution in [0.2, 0.25) is 5.02 Å². The first kappa shape index (κ1) is 10.9. The Hall–Kier alpha value is -1.22. The SMILES string of the molecule is CCOc1ccc(C(C)=O)c(O)c1Cl. The summed E-state index contributed by atoms with van der Waals surface area (Å²) in [5.74, 6) is -0.0609. The molecule has 1 aromatic carbocycles. The second kappa shape index (κ2) is 4.33. The maximum Gasteiger partial charge on any atom is 0.163 e. The summed E-state index contributed by atoms with van der Waals surface area (Å²) in [5, 5.41) is 9.63. The zero-order valence-corrected chi connectivity index (χ0v) is 8.76. The number of benzene rings is 1. The number of aromatic hydroxyl groups is 1. The summed E-state index contributed by atoms with van der Waals surface area (Å²) < 4.78 is 5.15. The molecule has 3 nitrogen and oxygen atoms in total. The molecule has 0 heterocycles. The minimum atomic E-state index is -0.229. The van der Waals surface area contributed by atoms with E-state index < -0.39 is 0 Å². The first-order chi connectivity index (χ1) is 6.57. The lowest BCUT2D eigenvalue weighted by atomic mass is 10.1. The molecule has 0 bridgehead atoms. The van der Waals surface area contributed by atoms with Crippen molar-refractivity contribution in [3.8, 4) is 11.5 Å². The van der Waals surface area contributed by atoms with E-state index in [4.69, 9.17) is 16.3 Å². The zero-order chi connectivity index (χ0) is 10.7. The second-order valence-electron chi connectivity index (χ2n) is 2.76. The van der Waals surface area contributed by atoms with Gasteiger partial charge in [0, 0.05) is 0 Å². The molecule has 0 saturated carbocycles. The number of rotatable bonds is 3. The minimum absolute atomic E-state index is 0.0829. The topological polar surface area (TPSA) is 46.5 Å². The van der Waals surface area contributed by atoms with E-state index in [1.54, 1.807) is 6.07 Å². The van der Waals surface area contributed by atoms with Gasteiger partial charge in [0.15, 0.2) is 5.78 Å². The fourth-order valence-corrected chi connectivity index (χ4v) is 1.32. The number of carbonyl (C=O) groups excluding carboxylic acids is 1. The molecule has 0 aliphatic rings. The van der Waals surface area contributed by atoms with Crippen LogP contribution in [0.25, 0.3) is 0 Å². The molecule has 76 valence electrons. The first-order valence-electron chi connectivity index (χ1n) is 4.23. The Labute approximate surface area is 87.3 Å². The largest absolute Gasteiger partial charge is 0.505 e. The van der Waals surface area contributed by atoms with Gasteiger partial charge in [0.25, 0.3) is 0 Å². The molecule has 0 radical (unpaired) electrons. The second-order valence-corrected chi connectivity index (χ2v) is 3.14. The minimum Gasteiger partial charge on any atom is -0.505 e. The van der Waals surface area contributed by atoms with Crippen LogP contribution in [-0.2, 0) is 0 Å². The van der Waals surface area contributed by atoms with Crippen LogP contribution in [-0.4, -0.2) is 17.5 Å². The normalized spacial score (nSPS) is 9.93. The van der Waals surface area contributed by atoms with Crippen LogP contribution in [0.15, 0.2) is 12.1 Å². The van der Waals surface area contributed by atoms with Crippen LogP contribution in [0.3, 0.4) is 0 Å². The van der Waals surface area contributed by atoms with Crippen LogP contribution >= 0.6 is 11.6 Å². The van der Waals surface area contributed by atoms with Crippen LogP contribution in [0.5, 0.6) is 11.5 Å². The third-order valence-electron chi connectivity index (χ3n) is 1.76. The van der Waals surface area contributed by atoms with Gasteiger partial charge < -0.3 is 9.84 Å². The predicted molar refractivity (Wildman–Crippen MR) is 54.3 cm³/mol. The first-order valence-corrected chi connectivity index (χ1v) is 4.61. The van der Waals surface area contributed by atoms with Crippen molar-refractivity contribution >= 4 is 17.4 Å². The molecule has 4 heteroatoms. The number of phenols is 1. The van der Waals surface area contributed by atoms with Gasteiger partial charge in [-0.25, -0.2) is 0 Å². The van der Waals surface area contributed by atoms with Crippen LogP contribution in [0.1, 0.15) is 24.2 Å². The van der Waals surface area contributed by atoms with Gasteiger partial charge in [0.2, 0.25) is 0 Å². The highest BCUT2D eigenvalue weighted by Gasteiger charge is 2.13. The van der Waals surface area contributed by atoms with E-state index in [1.807, 2.05) is 6.92 Å². The number of phenolic OH excluding ortho intramolecular Hbond substituents is 1.